The van der Waals surface area contributed by atoms with Gasteiger partial charge in [0, 0.05) is 0 Å². The number of hydrogen-bond acceptors (Lipinski definition) is 4. The van der Waals surface area contributed by atoms with Crippen molar-refractivity contribution in [2.45, 2.75) is 0 Å². The van der Waals surface area contributed by atoms with Crippen LogP contribution in [-0.4, -0.2) is 18.5 Å². The van der Waals surface area contributed by atoms with E-state index in [0.29, 0.717) is 0 Å². The molecule has 1 N–H and O–H groups in total. The first-order valence-electron chi connectivity index (χ1n) is 5.96. The Morgan fingerprint density at radius 1 is 1.00 bits per heavy atom. The lowest BCUT2D eigenvalue weighted by Crippen LogP contribution is -2.23. The molecular weight excluding hydrogens is 409 g/mol. The highest BCUT2D eigenvalue weighted by Gasteiger charge is 2.27. The number of ether oxygens (including phenoxy) is 1. The van der Waals surface area contributed by atoms with Gasteiger partial charge in [-0.1, -0.05) is 0 Å². The van der Waals surface area contributed by atoms with E-state index in [1.54, 1.807) is 0 Å². The van der Waals surface area contributed by atoms with Crippen LogP contribution in [0.5, 0.6) is 0 Å². The molecule has 1 amide bonds. The Hall–Kier alpha value is -2.43. The summed E-state index contributed by atoms with van der Waals surface area (Å²) in [6.45, 7) is -1.04. The number of furan rings is 1. The van der Waals surface area contributed by atoms with E-state index in [9.17, 15) is 31.5 Å². The molecule has 11 heteroatoms. The average molecular weight is 414 g/mol. The molecule has 0 aliphatic rings. The molecule has 0 aliphatic carbocycles. The minimum Gasteiger partial charge on any atom is -0.450 e. The largest absolute Gasteiger partial charge is 0.450 e. The molecule has 0 fully saturated rings. The molecule has 1 heterocycles. The average Bonchev–Trinajstić information content (AvgIpc) is 2.99. The maximum Gasteiger partial charge on any atom is 0.374 e. The standard InChI is InChI=1S/C13H5BrF5NO4/c14-5-2-1-4(24-5)13(22)23-3-6(21)20-12-10(18)8(16)7(15)9(17)11(12)19/h1-2H,3H2,(H,20,21). The van der Waals surface area contributed by atoms with Gasteiger partial charge >= 0.3 is 5.97 Å². The van der Waals surface area contributed by atoms with E-state index >= 15 is 0 Å². The predicted octanol–water partition coefficient (Wildman–Crippen LogP) is 3.53. The van der Waals surface area contributed by atoms with Crippen LogP contribution in [0.1, 0.15) is 10.6 Å². The monoisotopic (exact) mass is 413 g/mol. The molecule has 1 aromatic carbocycles. The van der Waals surface area contributed by atoms with Gasteiger partial charge in [-0.2, -0.15) is 0 Å². The predicted molar refractivity (Wildman–Crippen MR) is 71.6 cm³/mol. The molecule has 0 unspecified atom stereocenters. The third-order valence-electron chi connectivity index (χ3n) is 2.58. The number of nitrogens with one attached hydrogen (secondary N) is 1. The fourth-order valence-corrected chi connectivity index (χ4v) is 1.82. The Morgan fingerprint density at radius 2 is 1.54 bits per heavy atom. The summed E-state index contributed by atoms with van der Waals surface area (Å²) < 4.78 is 75.0. The van der Waals surface area contributed by atoms with Crippen molar-refractivity contribution in [2.75, 3.05) is 11.9 Å². The smallest absolute Gasteiger partial charge is 0.374 e. The van der Waals surface area contributed by atoms with Gasteiger partial charge in [0.15, 0.2) is 34.5 Å². The zero-order valence-electron chi connectivity index (χ0n) is 11.3. The van der Waals surface area contributed by atoms with E-state index in [4.69, 9.17) is 4.42 Å². The van der Waals surface area contributed by atoms with E-state index in [-0.39, 0.29) is 10.4 Å². The fraction of sp³-hybridized carbons (Fsp3) is 0.0769. The van der Waals surface area contributed by atoms with E-state index < -0.39 is 53.3 Å². The van der Waals surface area contributed by atoms with E-state index in [2.05, 4.69) is 20.7 Å². The lowest BCUT2D eigenvalue weighted by atomic mass is 10.2. The number of benzene rings is 1. The maximum atomic E-state index is 13.4. The maximum absolute atomic E-state index is 13.4. The molecule has 0 radical (unpaired) electrons. The van der Waals surface area contributed by atoms with E-state index in [0.717, 1.165) is 0 Å². The van der Waals surface area contributed by atoms with Gasteiger partial charge in [0.2, 0.25) is 11.6 Å². The number of halogens is 6. The summed E-state index contributed by atoms with van der Waals surface area (Å²) in [6.07, 6.45) is 0. The van der Waals surface area contributed by atoms with Crippen LogP contribution in [0.4, 0.5) is 27.6 Å². The molecule has 0 saturated heterocycles. The minimum atomic E-state index is -2.36. The fourth-order valence-electron chi connectivity index (χ4n) is 1.52. The van der Waals surface area contributed by atoms with Gasteiger partial charge in [-0.25, -0.2) is 26.7 Å². The van der Waals surface area contributed by atoms with Crippen LogP contribution in [0, 0.1) is 29.1 Å². The third-order valence-corrected chi connectivity index (χ3v) is 3.01. The second kappa shape index (κ2) is 6.99. The van der Waals surface area contributed by atoms with Gasteiger partial charge in [-0.3, -0.25) is 4.79 Å². The van der Waals surface area contributed by atoms with Crippen molar-refractivity contribution in [3.05, 3.63) is 51.6 Å². The molecule has 24 heavy (non-hydrogen) atoms. The van der Waals surface area contributed by atoms with Crippen molar-refractivity contribution in [3.63, 3.8) is 0 Å². The molecule has 0 bridgehead atoms. The van der Waals surface area contributed by atoms with Gasteiger partial charge < -0.3 is 14.5 Å². The van der Waals surface area contributed by atoms with Crippen LogP contribution < -0.4 is 5.32 Å². The molecular formula is C13H5BrF5NO4. The molecule has 0 aliphatic heterocycles. The Balaban J connectivity index is 2.07. The number of carbonyl (C=O) groups excluding carboxylic acids is 2. The Morgan fingerprint density at radius 3 is 2.04 bits per heavy atom. The first-order chi connectivity index (χ1) is 11.2. The topological polar surface area (TPSA) is 68.5 Å². The highest BCUT2D eigenvalue weighted by Crippen LogP contribution is 2.27. The SMILES string of the molecule is O=C(COC(=O)c1ccc(Br)o1)Nc1c(F)c(F)c(F)c(F)c1F. The lowest BCUT2D eigenvalue weighted by Gasteiger charge is -2.09. The summed E-state index contributed by atoms with van der Waals surface area (Å²) in [5, 5.41) is 1.45. The van der Waals surface area contributed by atoms with Gasteiger partial charge in [0.1, 0.15) is 5.69 Å². The number of hydrogen-bond donors (Lipinski definition) is 1. The van der Waals surface area contributed by atoms with E-state index in [1.165, 1.54) is 17.4 Å². The van der Waals surface area contributed by atoms with Gasteiger partial charge in [-0.05, 0) is 28.1 Å². The zero-order valence-corrected chi connectivity index (χ0v) is 12.8. The second-order valence-electron chi connectivity index (χ2n) is 4.17. The molecule has 128 valence electrons. The van der Waals surface area contributed by atoms with Crippen LogP contribution in [0.3, 0.4) is 0 Å². The Labute approximate surface area is 138 Å². The number of amides is 1. The van der Waals surface area contributed by atoms with Crippen molar-refractivity contribution >= 4 is 33.5 Å². The van der Waals surface area contributed by atoms with Gasteiger partial charge in [-0.15, -0.1) is 0 Å². The second-order valence-corrected chi connectivity index (χ2v) is 4.95. The molecule has 0 saturated carbocycles. The minimum absolute atomic E-state index is 0.209. The number of rotatable bonds is 4. The van der Waals surface area contributed by atoms with Crippen LogP contribution in [0.15, 0.2) is 21.2 Å². The molecule has 5 nitrogen and oxygen atoms in total. The van der Waals surface area contributed by atoms with Gasteiger partial charge in [0.25, 0.3) is 5.91 Å². The van der Waals surface area contributed by atoms with Crippen LogP contribution in [0.25, 0.3) is 0 Å². The summed E-state index contributed by atoms with van der Waals surface area (Å²) in [5.41, 5.74) is -1.55. The van der Waals surface area contributed by atoms with Crippen molar-refractivity contribution in [3.8, 4) is 0 Å². The quantitative estimate of drug-likeness (QED) is 0.360. The highest BCUT2D eigenvalue weighted by molar-refractivity contribution is 9.10. The highest BCUT2D eigenvalue weighted by atomic mass is 79.9. The lowest BCUT2D eigenvalue weighted by molar-refractivity contribution is -0.119. The van der Waals surface area contributed by atoms with Crippen LogP contribution in [0.2, 0.25) is 0 Å². The Kier molecular flexibility index (Phi) is 5.22. The van der Waals surface area contributed by atoms with Crippen LogP contribution in [-0.2, 0) is 9.53 Å². The first kappa shape index (κ1) is 17.9. The van der Waals surface area contributed by atoms with Gasteiger partial charge in [0.05, 0.1) is 0 Å². The summed E-state index contributed by atoms with van der Waals surface area (Å²) in [4.78, 5) is 22.9. The first-order valence-corrected chi connectivity index (χ1v) is 6.75. The Bertz CT molecular complexity index is 794. The van der Waals surface area contributed by atoms with Crippen molar-refractivity contribution in [1.29, 1.82) is 0 Å². The zero-order chi connectivity index (χ0) is 18.0. The van der Waals surface area contributed by atoms with Crippen LogP contribution >= 0.6 is 15.9 Å². The summed E-state index contributed by atoms with van der Waals surface area (Å²) in [5.74, 6) is -13.9. The molecule has 1 aromatic heterocycles. The van der Waals surface area contributed by atoms with Crippen molar-refractivity contribution < 1.29 is 40.7 Å². The summed E-state index contributed by atoms with van der Waals surface area (Å²) >= 11 is 2.92. The molecule has 2 aromatic rings. The number of carbonyl (C=O) groups is 2. The molecule has 2 rings (SSSR count). The number of anilines is 1. The van der Waals surface area contributed by atoms with Crippen molar-refractivity contribution in [1.82, 2.24) is 0 Å². The summed E-state index contributed by atoms with van der Waals surface area (Å²) in [6, 6.07) is 2.58. The summed E-state index contributed by atoms with van der Waals surface area (Å²) in [7, 11) is 0. The van der Waals surface area contributed by atoms with Crippen molar-refractivity contribution in [2.24, 2.45) is 0 Å². The number of esters is 1. The third kappa shape index (κ3) is 3.55. The molecule has 0 atom stereocenters. The normalized spacial score (nSPS) is 10.6. The van der Waals surface area contributed by atoms with E-state index in [1.807, 2.05) is 0 Å². The molecule has 0 spiro atoms.